The zero-order valence-electron chi connectivity index (χ0n) is 12.2. The molecule has 2 aromatic carbocycles. The number of nitrogens with one attached hydrogen (secondary N) is 1. The minimum absolute atomic E-state index is 0.0674. The van der Waals surface area contributed by atoms with Gasteiger partial charge < -0.3 is 9.84 Å². The van der Waals surface area contributed by atoms with Crippen LogP contribution in [0.1, 0.15) is 21.6 Å². The van der Waals surface area contributed by atoms with Crippen LogP contribution in [-0.2, 0) is 0 Å². The van der Waals surface area contributed by atoms with Crippen LogP contribution in [0, 0.1) is 5.82 Å². The Balaban J connectivity index is 2.09. The molecule has 1 heterocycles. The normalized spacial score (nSPS) is 11.2. The molecule has 0 aliphatic rings. The van der Waals surface area contributed by atoms with E-state index in [0.29, 0.717) is 16.6 Å². The summed E-state index contributed by atoms with van der Waals surface area (Å²) in [6, 6.07) is 9.10. The SMILES string of the molecule is COc1c(C(=O)O)ccc2n[nH]c(/C=C/c3ccc(F)cc3)c12. The summed E-state index contributed by atoms with van der Waals surface area (Å²) in [6.07, 6.45) is 3.52. The van der Waals surface area contributed by atoms with Crippen molar-refractivity contribution in [2.45, 2.75) is 0 Å². The second-order valence-corrected chi connectivity index (χ2v) is 4.87. The summed E-state index contributed by atoms with van der Waals surface area (Å²) in [5.41, 5.74) is 2.09. The van der Waals surface area contributed by atoms with Crippen LogP contribution in [-0.4, -0.2) is 28.4 Å². The molecule has 0 spiro atoms. The molecule has 0 unspecified atom stereocenters. The summed E-state index contributed by atoms with van der Waals surface area (Å²) in [4.78, 5) is 11.3. The van der Waals surface area contributed by atoms with E-state index in [4.69, 9.17) is 4.74 Å². The third-order valence-corrected chi connectivity index (χ3v) is 3.45. The molecule has 5 nitrogen and oxygen atoms in total. The first-order valence-corrected chi connectivity index (χ1v) is 6.82. The van der Waals surface area contributed by atoms with Gasteiger partial charge in [-0.25, -0.2) is 9.18 Å². The number of hydrogen-bond donors (Lipinski definition) is 2. The maximum atomic E-state index is 12.9. The molecule has 0 aliphatic heterocycles. The number of ether oxygens (including phenoxy) is 1. The molecule has 3 aromatic rings. The van der Waals surface area contributed by atoms with Crippen molar-refractivity contribution in [1.82, 2.24) is 10.2 Å². The van der Waals surface area contributed by atoms with Crippen molar-refractivity contribution in [3.8, 4) is 5.75 Å². The lowest BCUT2D eigenvalue weighted by atomic mass is 10.1. The van der Waals surface area contributed by atoms with Crippen LogP contribution in [0.2, 0.25) is 0 Å². The lowest BCUT2D eigenvalue weighted by molar-refractivity contribution is 0.0693. The molecule has 2 N–H and O–H groups in total. The van der Waals surface area contributed by atoms with Crippen LogP contribution in [0.25, 0.3) is 23.1 Å². The Bertz CT molecular complexity index is 898. The molecule has 0 fully saturated rings. The number of methoxy groups -OCH3 is 1. The topological polar surface area (TPSA) is 75.2 Å². The molecule has 116 valence electrons. The number of hydrogen-bond acceptors (Lipinski definition) is 3. The summed E-state index contributed by atoms with van der Waals surface area (Å²) < 4.78 is 18.2. The van der Waals surface area contributed by atoms with Crippen molar-refractivity contribution in [2.75, 3.05) is 7.11 Å². The monoisotopic (exact) mass is 312 g/mol. The van der Waals surface area contributed by atoms with Gasteiger partial charge in [-0.1, -0.05) is 18.2 Å². The third-order valence-electron chi connectivity index (χ3n) is 3.45. The predicted molar refractivity (Wildman–Crippen MR) is 84.9 cm³/mol. The predicted octanol–water partition coefficient (Wildman–Crippen LogP) is 3.58. The van der Waals surface area contributed by atoms with E-state index >= 15 is 0 Å². The molecule has 23 heavy (non-hydrogen) atoms. The first-order valence-electron chi connectivity index (χ1n) is 6.82. The van der Waals surface area contributed by atoms with E-state index in [2.05, 4.69) is 10.2 Å². The van der Waals surface area contributed by atoms with Crippen LogP contribution < -0.4 is 4.74 Å². The van der Waals surface area contributed by atoms with Gasteiger partial charge in [-0.15, -0.1) is 0 Å². The second-order valence-electron chi connectivity index (χ2n) is 4.87. The van der Waals surface area contributed by atoms with Gasteiger partial charge in [0.25, 0.3) is 0 Å². The number of H-pyrrole nitrogens is 1. The van der Waals surface area contributed by atoms with Crippen molar-refractivity contribution >= 4 is 29.0 Å². The molecular formula is C17H13FN2O3. The summed E-state index contributed by atoms with van der Waals surface area (Å²) in [5.74, 6) is -1.12. The average molecular weight is 312 g/mol. The minimum Gasteiger partial charge on any atom is -0.495 e. The van der Waals surface area contributed by atoms with Crippen LogP contribution in [0.3, 0.4) is 0 Å². The zero-order chi connectivity index (χ0) is 16.4. The van der Waals surface area contributed by atoms with Gasteiger partial charge in [0, 0.05) is 0 Å². The van der Waals surface area contributed by atoms with E-state index < -0.39 is 5.97 Å². The Kier molecular flexibility index (Phi) is 3.80. The summed E-state index contributed by atoms with van der Waals surface area (Å²) in [6.45, 7) is 0. The van der Waals surface area contributed by atoms with Gasteiger partial charge in [-0.2, -0.15) is 5.10 Å². The Morgan fingerprint density at radius 3 is 2.61 bits per heavy atom. The van der Waals surface area contributed by atoms with Gasteiger partial charge in [-0.3, -0.25) is 5.10 Å². The molecule has 0 saturated carbocycles. The van der Waals surface area contributed by atoms with Crippen molar-refractivity contribution in [1.29, 1.82) is 0 Å². The molecule has 6 heteroatoms. The fraction of sp³-hybridized carbons (Fsp3) is 0.0588. The number of halogens is 1. The molecule has 0 aliphatic carbocycles. The molecule has 0 radical (unpaired) electrons. The fourth-order valence-electron chi connectivity index (χ4n) is 2.36. The largest absolute Gasteiger partial charge is 0.495 e. The number of carboxylic acid groups (broad SMARTS) is 1. The van der Waals surface area contributed by atoms with Crippen LogP contribution in [0.15, 0.2) is 36.4 Å². The summed E-state index contributed by atoms with van der Waals surface area (Å²) in [7, 11) is 1.42. The molecule has 0 amide bonds. The highest BCUT2D eigenvalue weighted by molar-refractivity contribution is 6.02. The van der Waals surface area contributed by atoms with Crippen molar-refractivity contribution in [3.05, 3.63) is 59.0 Å². The molecule has 3 rings (SSSR count). The number of benzene rings is 2. The van der Waals surface area contributed by atoms with Gasteiger partial charge in [0.15, 0.2) is 0 Å². The van der Waals surface area contributed by atoms with Gasteiger partial charge in [0.05, 0.1) is 23.7 Å². The number of nitrogens with zero attached hydrogens (tertiary/aromatic N) is 1. The number of aromatic carboxylic acids is 1. The highest BCUT2D eigenvalue weighted by Gasteiger charge is 2.17. The number of carboxylic acids is 1. The smallest absolute Gasteiger partial charge is 0.339 e. The number of aromatic nitrogens is 2. The maximum Gasteiger partial charge on any atom is 0.339 e. The van der Waals surface area contributed by atoms with Gasteiger partial charge in [0.2, 0.25) is 0 Å². The van der Waals surface area contributed by atoms with E-state index in [1.807, 2.05) is 0 Å². The lowest BCUT2D eigenvalue weighted by Gasteiger charge is -2.06. The molecule has 0 saturated heterocycles. The van der Waals surface area contributed by atoms with Crippen LogP contribution >= 0.6 is 0 Å². The van der Waals surface area contributed by atoms with Gasteiger partial charge >= 0.3 is 5.97 Å². The quantitative estimate of drug-likeness (QED) is 0.772. The molecular weight excluding hydrogens is 299 g/mol. The van der Waals surface area contributed by atoms with E-state index in [1.165, 1.54) is 25.3 Å². The first kappa shape index (κ1) is 14.8. The van der Waals surface area contributed by atoms with Crippen molar-refractivity contribution in [3.63, 3.8) is 0 Å². The molecule has 1 aromatic heterocycles. The van der Waals surface area contributed by atoms with Crippen LogP contribution in [0.4, 0.5) is 4.39 Å². The summed E-state index contributed by atoms with van der Waals surface area (Å²) in [5, 5.41) is 16.8. The van der Waals surface area contributed by atoms with E-state index in [1.54, 1.807) is 30.4 Å². The fourth-order valence-corrected chi connectivity index (χ4v) is 2.36. The van der Waals surface area contributed by atoms with E-state index in [-0.39, 0.29) is 17.1 Å². The Labute approximate surface area is 131 Å². The Hall–Kier alpha value is -3.15. The highest BCUT2D eigenvalue weighted by atomic mass is 19.1. The number of fused-ring (bicyclic) bond motifs is 1. The zero-order valence-corrected chi connectivity index (χ0v) is 12.2. The first-order chi connectivity index (χ1) is 11.1. The number of rotatable bonds is 4. The second kappa shape index (κ2) is 5.92. The average Bonchev–Trinajstić information content (AvgIpc) is 2.96. The lowest BCUT2D eigenvalue weighted by Crippen LogP contribution is -2.00. The van der Waals surface area contributed by atoms with Crippen molar-refractivity contribution < 1.29 is 19.0 Å². The Morgan fingerprint density at radius 2 is 1.96 bits per heavy atom. The van der Waals surface area contributed by atoms with E-state index in [9.17, 15) is 14.3 Å². The molecule has 0 bridgehead atoms. The van der Waals surface area contributed by atoms with Gasteiger partial charge in [0.1, 0.15) is 17.1 Å². The van der Waals surface area contributed by atoms with Crippen molar-refractivity contribution in [2.24, 2.45) is 0 Å². The van der Waals surface area contributed by atoms with Gasteiger partial charge in [-0.05, 0) is 35.9 Å². The van der Waals surface area contributed by atoms with Crippen LogP contribution in [0.5, 0.6) is 5.75 Å². The molecule has 0 atom stereocenters. The standard InChI is InChI=1S/C17H13FN2O3/c1-23-16-12(17(21)22)7-9-14-15(16)13(19-20-14)8-4-10-2-5-11(18)6-3-10/h2-9H,1H3,(H,19,20)(H,21,22)/b8-4+. The van der Waals surface area contributed by atoms with E-state index in [0.717, 1.165) is 5.56 Å². The Morgan fingerprint density at radius 1 is 1.22 bits per heavy atom. The highest BCUT2D eigenvalue weighted by Crippen LogP contribution is 2.32. The number of carbonyl (C=O) groups is 1. The minimum atomic E-state index is -1.07. The third kappa shape index (κ3) is 2.78. The maximum absolute atomic E-state index is 12.9. The number of aromatic amines is 1. The summed E-state index contributed by atoms with van der Waals surface area (Å²) >= 11 is 0.